The molecule has 5 aromatic rings. The SMILES string of the molecule is C=C(C)C(O)(c1ccc2c(N)ncnn12)[C@H](OCc1ccccc1)[C@H](OCc1ccccc1)[C@@H](O)COCc1ccccc1. The number of ether oxygens (including phenoxy) is 3. The summed E-state index contributed by atoms with van der Waals surface area (Å²) in [5.74, 6) is 0.253. The van der Waals surface area contributed by atoms with Crippen molar-refractivity contribution < 1.29 is 24.4 Å². The van der Waals surface area contributed by atoms with E-state index >= 15 is 0 Å². The molecular weight excluding hydrogens is 556 g/mol. The normalized spacial score (nSPS) is 15.0. The lowest BCUT2D eigenvalue weighted by Gasteiger charge is -2.42. The van der Waals surface area contributed by atoms with Crippen molar-refractivity contribution in [2.45, 2.75) is 50.7 Å². The molecule has 0 fully saturated rings. The Kier molecular flexibility index (Phi) is 10.2. The Morgan fingerprint density at radius 2 is 1.39 bits per heavy atom. The predicted octanol–water partition coefficient (Wildman–Crippen LogP) is 4.82. The molecule has 2 heterocycles. The van der Waals surface area contributed by atoms with Gasteiger partial charge in [-0.3, -0.25) is 0 Å². The fraction of sp³-hybridized carbons (Fsp3) is 0.257. The molecule has 0 radical (unpaired) electrons. The van der Waals surface area contributed by atoms with Gasteiger partial charge in [0.25, 0.3) is 0 Å². The summed E-state index contributed by atoms with van der Waals surface area (Å²) in [5, 5.41) is 28.8. The highest BCUT2D eigenvalue weighted by atomic mass is 16.6. The van der Waals surface area contributed by atoms with Gasteiger partial charge in [0.2, 0.25) is 0 Å². The van der Waals surface area contributed by atoms with Crippen LogP contribution >= 0.6 is 0 Å². The summed E-state index contributed by atoms with van der Waals surface area (Å²) >= 11 is 0. The molecule has 9 heteroatoms. The second-order valence-corrected chi connectivity index (χ2v) is 10.8. The molecule has 0 aliphatic rings. The van der Waals surface area contributed by atoms with E-state index in [1.54, 1.807) is 19.1 Å². The smallest absolute Gasteiger partial charge is 0.156 e. The molecule has 4 atom stereocenters. The molecule has 1 unspecified atom stereocenters. The number of aliphatic hydroxyl groups is 2. The summed E-state index contributed by atoms with van der Waals surface area (Å²) in [4.78, 5) is 4.08. The van der Waals surface area contributed by atoms with Gasteiger partial charge in [-0.25, -0.2) is 9.50 Å². The number of aromatic nitrogens is 3. The molecule has 0 bridgehead atoms. The highest BCUT2D eigenvalue weighted by Gasteiger charge is 2.49. The van der Waals surface area contributed by atoms with Crippen LogP contribution in [0, 0.1) is 0 Å². The Hall–Kier alpha value is -4.38. The van der Waals surface area contributed by atoms with E-state index in [2.05, 4.69) is 16.7 Å². The maximum atomic E-state index is 12.7. The lowest BCUT2D eigenvalue weighted by atomic mass is 9.82. The van der Waals surface area contributed by atoms with Crippen molar-refractivity contribution in [2.24, 2.45) is 0 Å². The van der Waals surface area contributed by atoms with Gasteiger partial charge in [-0.15, -0.1) is 0 Å². The number of nitrogens with two attached hydrogens (primary N) is 1. The minimum Gasteiger partial charge on any atom is -0.388 e. The average molecular weight is 595 g/mol. The van der Waals surface area contributed by atoms with Crippen LogP contribution in [0.2, 0.25) is 0 Å². The molecule has 2 aromatic heterocycles. The number of hydrogen-bond acceptors (Lipinski definition) is 8. The monoisotopic (exact) mass is 594 g/mol. The maximum absolute atomic E-state index is 12.7. The molecule has 0 aliphatic heterocycles. The van der Waals surface area contributed by atoms with Gasteiger partial charge in [-0.2, -0.15) is 5.10 Å². The van der Waals surface area contributed by atoms with Crippen LogP contribution in [-0.4, -0.2) is 49.7 Å². The third-order valence-corrected chi connectivity index (χ3v) is 7.57. The number of aliphatic hydroxyl groups excluding tert-OH is 1. The molecule has 5 rings (SSSR count). The van der Waals surface area contributed by atoms with E-state index < -0.39 is 23.9 Å². The van der Waals surface area contributed by atoms with Crippen molar-refractivity contribution >= 4 is 11.3 Å². The van der Waals surface area contributed by atoms with Crippen LogP contribution in [0.5, 0.6) is 0 Å². The first kappa shape index (κ1) is 31.1. The largest absolute Gasteiger partial charge is 0.388 e. The molecular formula is C35H38N4O5. The van der Waals surface area contributed by atoms with E-state index in [1.807, 2.05) is 91.0 Å². The minimum atomic E-state index is -1.89. The number of fused-ring (bicyclic) bond motifs is 1. The Bertz CT molecular complexity index is 1630. The summed E-state index contributed by atoms with van der Waals surface area (Å²) in [6, 6.07) is 32.3. The zero-order valence-corrected chi connectivity index (χ0v) is 24.7. The van der Waals surface area contributed by atoms with Crippen molar-refractivity contribution in [1.82, 2.24) is 14.6 Å². The topological polar surface area (TPSA) is 124 Å². The van der Waals surface area contributed by atoms with Gasteiger partial charge in [0.1, 0.15) is 30.2 Å². The lowest BCUT2D eigenvalue weighted by molar-refractivity contribution is -0.201. The Balaban J connectivity index is 1.54. The van der Waals surface area contributed by atoms with E-state index in [9.17, 15) is 10.2 Å². The standard InChI is InChI=1S/C35H38N4O5/c1-25(2)35(41,31-19-18-29-34(36)37-24-38-39(29)31)33(44-22-28-16-10-5-11-17-28)32(43-21-27-14-8-4-9-15-27)30(40)23-42-20-26-12-6-3-7-13-26/h3-19,24,30,32-33,40-41H,1,20-23H2,2H3,(H2,36,37,38)/t30-,32+,33+,35?/m0/s1. The second kappa shape index (κ2) is 14.4. The quantitative estimate of drug-likeness (QED) is 0.147. The Morgan fingerprint density at radius 3 is 1.95 bits per heavy atom. The second-order valence-electron chi connectivity index (χ2n) is 10.8. The maximum Gasteiger partial charge on any atom is 0.156 e. The van der Waals surface area contributed by atoms with Gasteiger partial charge in [-0.1, -0.05) is 97.6 Å². The minimum absolute atomic E-state index is 0.0736. The summed E-state index contributed by atoms with van der Waals surface area (Å²) in [6.07, 6.45) is -2.10. The van der Waals surface area contributed by atoms with Crippen LogP contribution in [0.1, 0.15) is 29.3 Å². The average Bonchev–Trinajstić information content (AvgIpc) is 3.50. The number of benzene rings is 3. The van der Waals surface area contributed by atoms with Crippen molar-refractivity contribution in [3.8, 4) is 0 Å². The zero-order valence-electron chi connectivity index (χ0n) is 24.7. The van der Waals surface area contributed by atoms with E-state index in [0.29, 0.717) is 23.4 Å². The first-order chi connectivity index (χ1) is 21.4. The fourth-order valence-electron chi connectivity index (χ4n) is 5.20. The van der Waals surface area contributed by atoms with Crippen molar-refractivity contribution in [2.75, 3.05) is 12.3 Å². The van der Waals surface area contributed by atoms with Crippen LogP contribution in [0.3, 0.4) is 0 Å². The van der Waals surface area contributed by atoms with E-state index in [4.69, 9.17) is 19.9 Å². The Morgan fingerprint density at radius 1 is 0.841 bits per heavy atom. The molecule has 228 valence electrons. The number of nitrogens with zero attached hydrogens (tertiary/aromatic N) is 3. The van der Waals surface area contributed by atoms with E-state index in [0.717, 1.165) is 16.7 Å². The number of hydrogen-bond donors (Lipinski definition) is 3. The summed E-state index contributed by atoms with van der Waals surface area (Å²) in [5.41, 5.74) is 8.20. The van der Waals surface area contributed by atoms with E-state index in [-0.39, 0.29) is 25.6 Å². The first-order valence-corrected chi connectivity index (χ1v) is 14.5. The summed E-state index contributed by atoms with van der Waals surface area (Å²) in [7, 11) is 0. The molecule has 0 spiro atoms. The van der Waals surface area contributed by atoms with Crippen molar-refractivity contribution in [1.29, 1.82) is 0 Å². The van der Waals surface area contributed by atoms with Crippen LogP contribution in [0.4, 0.5) is 5.82 Å². The van der Waals surface area contributed by atoms with Gasteiger partial charge in [0.05, 0.1) is 32.1 Å². The van der Waals surface area contributed by atoms with Gasteiger partial charge in [0.15, 0.2) is 11.4 Å². The van der Waals surface area contributed by atoms with Crippen molar-refractivity contribution in [3.63, 3.8) is 0 Å². The van der Waals surface area contributed by atoms with Crippen LogP contribution in [0.25, 0.3) is 5.52 Å². The van der Waals surface area contributed by atoms with Crippen molar-refractivity contribution in [3.05, 3.63) is 144 Å². The summed E-state index contributed by atoms with van der Waals surface area (Å²) in [6.45, 7) is 6.37. The lowest BCUT2D eigenvalue weighted by Crippen LogP contribution is -2.55. The molecule has 9 nitrogen and oxygen atoms in total. The highest BCUT2D eigenvalue weighted by Crippen LogP contribution is 2.39. The van der Waals surface area contributed by atoms with Crippen LogP contribution in [0.15, 0.2) is 122 Å². The molecule has 0 saturated heterocycles. The molecule has 0 amide bonds. The fourth-order valence-corrected chi connectivity index (χ4v) is 5.20. The summed E-state index contributed by atoms with van der Waals surface area (Å²) < 4.78 is 20.5. The molecule has 0 aliphatic carbocycles. The molecule has 3 aromatic carbocycles. The molecule has 4 N–H and O–H groups in total. The highest BCUT2D eigenvalue weighted by molar-refractivity contribution is 5.66. The number of rotatable bonds is 15. The Labute approximate surface area is 257 Å². The third kappa shape index (κ3) is 7.05. The van der Waals surface area contributed by atoms with Crippen LogP contribution in [-0.2, 0) is 39.6 Å². The van der Waals surface area contributed by atoms with Gasteiger partial charge in [0, 0.05) is 0 Å². The molecule has 44 heavy (non-hydrogen) atoms. The third-order valence-electron chi connectivity index (χ3n) is 7.57. The van der Waals surface area contributed by atoms with Gasteiger partial charge >= 0.3 is 0 Å². The van der Waals surface area contributed by atoms with Gasteiger partial charge < -0.3 is 30.2 Å². The first-order valence-electron chi connectivity index (χ1n) is 14.5. The number of anilines is 1. The number of nitrogen functional groups attached to an aromatic ring is 1. The van der Waals surface area contributed by atoms with Gasteiger partial charge in [-0.05, 0) is 41.3 Å². The van der Waals surface area contributed by atoms with E-state index in [1.165, 1.54) is 10.8 Å². The predicted molar refractivity (Wildman–Crippen MR) is 168 cm³/mol. The zero-order chi connectivity index (χ0) is 30.9. The van der Waals surface area contributed by atoms with Crippen LogP contribution < -0.4 is 5.73 Å². The molecule has 0 saturated carbocycles.